The molecule has 8 heteroatoms. The van der Waals surface area contributed by atoms with Gasteiger partial charge in [0.05, 0.1) is 11.6 Å². The van der Waals surface area contributed by atoms with E-state index in [1.807, 2.05) is 42.6 Å². The lowest BCUT2D eigenvalue weighted by molar-refractivity contribution is 0.171. The fourth-order valence-electron chi connectivity index (χ4n) is 3.18. The molecule has 0 spiro atoms. The number of urea groups is 1. The van der Waals surface area contributed by atoms with Gasteiger partial charge in [0.15, 0.2) is 0 Å². The summed E-state index contributed by atoms with van der Waals surface area (Å²) in [6.45, 7) is 2.02. The van der Waals surface area contributed by atoms with E-state index < -0.39 is 5.82 Å². The number of methoxy groups -OCH3 is 1. The maximum Gasteiger partial charge on any atom is 0.322 e. The summed E-state index contributed by atoms with van der Waals surface area (Å²) in [5.41, 5.74) is 2.39. The first kappa shape index (κ1) is 23.1. The highest BCUT2D eigenvalue weighted by molar-refractivity contribution is 6.31. The van der Waals surface area contributed by atoms with Crippen LogP contribution in [0.3, 0.4) is 0 Å². The van der Waals surface area contributed by atoms with Gasteiger partial charge in [0.25, 0.3) is 0 Å². The van der Waals surface area contributed by atoms with E-state index in [-0.39, 0.29) is 11.1 Å². The van der Waals surface area contributed by atoms with Crippen LogP contribution < -0.4 is 5.32 Å². The first-order chi connectivity index (χ1) is 15.0. The van der Waals surface area contributed by atoms with Crippen molar-refractivity contribution in [2.24, 2.45) is 0 Å². The van der Waals surface area contributed by atoms with E-state index >= 15 is 0 Å². The standard InChI is InChI=1S/C23H24Cl2FN3O2/c1-31-13-5-12-29(23(30)27-18-9-10-22(26)21(25)14-18)16-19-7-4-11-28(19)15-17-6-2-3-8-20(17)24/h2-4,6-11,14H,5,12-13,15-16H2,1H3,(H,27,30). The minimum atomic E-state index is -0.533. The van der Waals surface area contributed by atoms with E-state index in [2.05, 4.69) is 9.88 Å². The van der Waals surface area contributed by atoms with Crippen LogP contribution in [-0.2, 0) is 17.8 Å². The van der Waals surface area contributed by atoms with E-state index in [9.17, 15) is 9.18 Å². The highest BCUT2D eigenvalue weighted by Gasteiger charge is 2.17. The maximum atomic E-state index is 13.4. The van der Waals surface area contributed by atoms with Crippen molar-refractivity contribution in [3.05, 3.63) is 87.9 Å². The van der Waals surface area contributed by atoms with Gasteiger partial charge in [-0.3, -0.25) is 0 Å². The Bertz CT molecular complexity index is 1030. The summed E-state index contributed by atoms with van der Waals surface area (Å²) < 4.78 is 20.6. The van der Waals surface area contributed by atoms with E-state index in [0.29, 0.717) is 43.4 Å². The van der Waals surface area contributed by atoms with Gasteiger partial charge in [-0.1, -0.05) is 41.4 Å². The van der Waals surface area contributed by atoms with E-state index in [0.717, 1.165) is 11.3 Å². The van der Waals surface area contributed by atoms with Crippen molar-refractivity contribution in [3.8, 4) is 0 Å². The molecule has 2 aromatic carbocycles. The van der Waals surface area contributed by atoms with Crippen LogP contribution in [0.15, 0.2) is 60.8 Å². The zero-order valence-electron chi connectivity index (χ0n) is 17.2. The number of benzene rings is 2. The van der Waals surface area contributed by atoms with Gasteiger partial charge >= 0.3 is 6.03 Å². The van der Waals surface area contributed by atoms with Gasteiger partial charge in [-0.15, -0.1) is 0 Å². The molecular formula is C23H24Cl2FN3O2. The Labute approximate surface area is 191 Å². The maximum absolute atomic E-state index is 13.4. The number of ether oxygens (including phenoxy) is 1. The van der Waals surface area contributed by atoms with Crippen LogP contribution in [0.25, 0.3) is 0 Å². The molecule has 0 atom stereocenters. The molecule has 31 heavy (non-hydrogen) atoms. The summed E-state index contributed by atoms with van der Waals surface area (Å²) in [5, 5.41) is 3.45. The summed E-state index contributed by atoms with van der Waals surface area (Å²) in [7, 11) is 1.62. The fraction of sp³-hybridized carbons (Fsp3) is 0.261. The predicted molar refractivity (Wildman–Crippen MR) is 122 cm³/mol. The van der Waals surface area contributed by atoms with Crippen molar-refractivity contribution in [3.63, 3.8) is 0 Å². The van der Waals surface area contributed by atoms with Crippen molar-refractivity contribution in [2.75, 3.05) is 25.6 Å². The first-order valence-corrected chi connectivity index (χ1v) is 10.6. The summed E-state index contributed by atoms with van der Waals surface area (Å²) in [5.74, 6) is -0.533. The van der Waals surface area contributed by atoms with Crippen LogP contribution in [-0.4, -0.2) is 35.8 Å². The van der Waals surface area contributed by atoms with Gasteiger partial charge in [0.1, 0.15) is 5.82 Å². The quantitative estimate of drug-likeness (QED) is 0.392. The minimum absolute atomic E-state index is 0.0441. The summed E-state index contributed by atoms with van der Waals surface area (Å²) in [6.07, 6.45) is 2.64. The van der Waals surface area contributed by atoms with Gasteiger partial charge in [0, 0.05) is 49.4 Å². The molecular weight excluding hydrogens is 440 g/mol. The predicted octanol–water partition coefficient (Wildman–Crippen LogP) is 6.05. The first-order valence-electron chi connectivity index (χ1n) is 9.85. The second-order valence-electron chi connectivity index (χ2n) is 7.05. The number of hydrogen-bond acceptors (Lipinski definition) is 2. The zero-order chi connectivity index (χ0) is 22.2. The Kier molecular flexibility index (Phi) is 8.35. The topological polar surface area (TPSA) is 46.5 Å². The number of nitrogens with one attached hydrogen (secondary N) is 1. The van der Waals surface area contributed by atoms with E-state index in [4.69, 9.17) is 27.9 Å². The lowest BCUT2D eigenvalue weighted by Gasteiger charge is -2.24. The number of nitrogens with zero attached hydrogens (tertiary/aromatic N) is 2. The Morgan fingerprint density at radius 1 is 1.13 bits per heavy atom. The van der Waals surface area contributed by atoms with Crippen LogP contribution in [0.2, 0.25) is 10.0 Å². The van der Waals surface area contributed by atoms with Crippen molar-refractivity contribution in [1.29, 1.82) is 0 Å². The minimum Gasteiger partial charge on any atom is -0.385 e. The number of carbonyl (C=O) groups excluding carboxylic acids is 1. The molecule has 1 heterocycles. The molecule has 0 saturated carbocycles. The van der Waals surface area contributed by atoms with Crippen LogP contribution in [0.4, 0.5) is 14.9 Å². The number of amides is 2. The third kappa shape index (κ3) is 6.47. The molecule has 1 aromatic heterocycles. The molecule has 3 rings (SSSR count). The van der Waals surface area contributed by atoms with Crippen molar-refractivity contribution in [2.45, 2.75) is 19.5 Å². The number of hydrogen-bond donors (Lipinski definition) is 1. The largest absolute Gasteiger partial charge is 0.385 e. The number of rotatable bonds is 9. The van der Waals surface area contributed by atoms with Gasteiger partial charge in [-0.2, -0.15) is 0 Å². The van der Waals surface area contributed by atoms with Gasteiger partial charge in [-0.05, 0) is 48.4 Å². The molecule has 2 amide bonds. The highest BCUT2D eigenvalue weighted by Crippen LogP contribution is 2.21. The molecule has 0 bridgehead atoms. The van der Waals surface area contributed by atoms with Crippen LogP contribution >= 0.6 is 23.2 Å². The highest BCUT2D eigenvalue weighted by atomic mass is 35.5. The molecule has 0 aliphatic rings. The molecule has 0 saturated heterocycles. The Morgan fingerprint density at radius 3 is 2.68 bits per heavy atom. The summed E-state index contributed by atoms with van der Waals surface area (Å²) in [4.78, 5) is 14.6. The van der Waals surface area contributed by atoms with Crippen molar-refractivity contribution < 1.29 is 13.9 Å². The van der Waals surface area contributed by atoms with E-state index in [1.54, 1.807) is 12.0 Å². The molecule has 164 valence electrons. The summed E-state index contributed by atoms with van der Waals surface area (Å²) >= 11 is 12.1. The van der Waals surface area contributed by atoms with Crippen molar-refractivity contribution >= 4 is 34.9 Å². The second kappa shape index (κ2) is 11.2. The number of carbonyl (C=O) groups is 1. The zero-order valence-corrected chi connectivity index (χ0v) is 18.7. The molecule has 0 radical (unpaired) electrons. The number of halogens is 3. The second-order valence-corrected chi connectivity index (χ2v) is 7.86. The molecule has 0 aliphatic carbocycles. The Hall–Kier alpha value is -2.54. The van der Waals surface area contributed by atoms with Crippen LogP contribution in [0, 0.1) is 5.82 Å². The van der Waals surface area contributed by atoms with Crippen molar-refractivity contribution in [1.82, 2.24) is 9.47 Å². The lowest BCUT2D eigenvalue weighted by Crippen LogP contribution is -2.36. The normalized spacial score (nSPS) is 10.8. The Morgan fingerprint density at radius 2 is 1.94 bits per heavy atom. The average Bonchev–Trinajstić information content (AvgIpc) is 3.18. The van der Waals surface area contributed by atoms with Crippen LogP contribution in [0.5, 0.6) is 0 Å². The van der Waals surface area contributed by atoms with E-state index in [1.165, 1.54) is 18.2 Å². The molecule has 3 aromatic rings. The fourth-order valence-corrected chi connectivity index (χ4v) is 3.56. The molecule has 5 nitrogen and oxygen atoms in total. The third-order valence-electron chi connectivity index (χ3n) is 4.81. The molecule has 1 N–H and O–H groups in total. The molecule has 0 unspecified atom stereocenters. The lowest BCUT2D eigenvalue weighted by atomic mass is 10.2. The molecule has 0 aliphatic heterocycles. The average molecular weight is 464 g/mol. The third-order valence-corrected chi connectivity index (χ3v) is 5.47. The Balaban J connectivity index is 1.75. The van der Waals surface area contributed by atoms with Gasteiger partial charge in [0.2, 0.25) is 0 Å². The van der Waals surface area contributed by atoms with Crippen LogP contribution in [0.1, 0.15) is 17.7 Å². The molecule has 0 fully saturated rings. The number of anilines is 1. The summed E-state index contributed by atoms with van der Waals surface area (Å²) in [6, 6.07) is 15.4. The smallest absolute Gasteiger partial charge is 0.322 e. The monoisotopic (exact) mass is 463 g/mol. The number of aromatic nitrogens is 1. The SMILES string of the molecule is COCCCN(Cc1cccn1Cc1ccccc1Cl)C(=O)Nc1ccc(F)c(Cl)c1. The van der Waals surface area contributed by atoms with Gasteiger partial charge < -0.3 is 19.5 Å². The van der Waals surface area contributed by atoms with Gasteiger partial charge in [-0.25, -0.2) is 9.18 Å².